The molecule has 1 N–H and O–H groups in total. The molecule has 0 aliphatic rings. The van der Waals surface area contributed by atoms with Gasteiger partial charge in [-0.2, -0.15) is 0 Å². The lowest BCUT2D eigenvalue weighted by Crippen LogP contribution is -2.11. The van der Waals surface area contributed by atoms with Gasteiger partial charge < -0.3 is 10.1 Å². The van der Waals surface area contributed by atoms with Gasteiger partial charge >= 0.3 is 0 Å². The van der Waals surface area contributed by atoms with Gasteiger partial charge in [-0.1, -0.05) is 32.0 Å². The molecule has 0 saturated carbocycles. The third-order valence-electron chi connectivity index (χ3n) is 2.74. The van der Waals surface area contributed by atoms with Gasteiger partial charge in [0.05, 0.1) is 6.61 Å². The predicted octanol–water partition coefficient (Wildman–Crippen LogP) is 3.19. The SMILES string of the molecule is CCCOc1ccccc1C(C)CCNC. The Morgan fingerprint density at radius 1 is 1.31 bits per heavy atom. The Labute approximate surface area is 99.0 Å². The van der Waals surface area contributed by atoms with Crippen molar-refractivity contribution in [1.29, 1.82) is 0 Å². The first-order chi connectivity index (χ1) is 7.79. The van der Waals surface area contributed by atoms with Crippen molar-refractivity contribution in [1.82, 2.24) is 5.32 Å². The van der Waals surface area contributed by atoms with Crippen molar-refractivity contribution in [2.24, 2.45) is 0 Å². The van der Waals surface area contributed by atoms with Gasteiger partial charge in [-0.3, -0.25) is 0 Å². The molecule has 2 nitrogen and oxygen atoms in total. The molecule has 0 amide bonds. The van der Waals surface area contributed by atoms with Gasteiger partial charge in [0.1, 0.15) is 5.75 Å². The van der Waals surface area contributed by atoms with E-state index in [-0.39, 0.29) is 0 Å². The molecule has 2 heteroatoms. The second kappa shape index (κ2) is 7.29. The summed E-state index contributed by atoms with van der Waals surface area (Å²) in [5.74, 6) is 1.59. The van der Waals surface area contributed by atoms with Crippen LogP contribution in [0, 0.1) is 0 Å². The minimum Gasteiger partial charge on any atom is -0.493 e. The molecule has 1 aromatic carbocycles. The van der Waals surface area contributed by atoms with Crippen LogP contribution in [-0.2, 0) is 0 Å². The Kier molecular flexibility index (Phi) is 5.94. The Balaban J connectivity index is 2.68. The van der Waals surface area contributed by atoms with Gasteiger partial charge in [0.15, 0.2) is 0 Å². The predicted molar refractivity (Wildman–Crippen MR) is 69.2 cm³/mol. The minimum atomic E-state index is 0.542. The smallest absolute Gasteiger partial charge is 0.122 e. The number of nitrogens with one attached hydrogen (secondary N) is 1. The molecule has 0 fully saturated rings. The van der Waals surface area contributed by atoms with Gasteiger partial charge in [0, 0.05) is 0 Å². The number of rotatable bonds is 7. The molecule has 1 atom stereocenters. The highest BCUT2D eigenvalue weighted by molar-refractivity contribution is 5.35. The highest BCUT2D eigenvalue weighted by atomic mass is 16.5. The number of para-hydroxylation sites is 1. The number of hydrogen-bond acceptors (Lipinski definition) is 2. The zero-order valence-electron chi connectivity index (χ0n) is 10.6. The van der Waals surface area contributed by atoms with Crippen LogP contribution in [0.5, 0.6) is 5.75 Å². The van der Waals surface area contributed by atoms with Crippen LogP contribution < -0.4 is 10.1 Å². The first-order valence-corrected chi connectivity index (χ1v) is 6.16. The fourth-order valence-electron chi connectivity index (χ4n) is 1.75. The van der Waals surface area contributed by atoms with Crippen LogP contribution >= 0.6 is 0 Å². The zero-order chi connectivity index (χ0) is 11.8. The zero-order valence-corrected chi connectivity index (χ0v) is 10.6. The summed E-state index contributed by atoms with van der Waals surface area (Å²) in [6.07, 6.45) is 2.20. The number of hydrogen-bond donors (Lipinski definition) is 1. The van der Waals surface area contributed by atoms with Crippen LogP contribution in [0.15, 0.2) is 24.3 Å². The van der Waals surface area contributed by atoms with Gasteiger partial charge in [0.25, 0.3) is 0 Å². The van der Waals surface area contributed by atoms with Crippen LogP contribution in [0.1, 0.15) is 38.2 Å². The number of ether oxygens (including phenoxy) is 1. The highest BCUT2D eigenvalue weighted by Crippen LogP contribution is 2.28. The van der Waals surface area contributed by atoms with E-state index in [4.69, 9.17) is 4.74 Å². The van der Waals surface area contributed by atoms with E-state index in [9.17, 15) is 0 Å². The molecule has 1 unspecified atom stereocenters. The molecule has 1 rings (SSSR count). The van der Waals surface area contributed by atoms with Crippen LogP contribution in [0.25, 0.3) is 0 Å². The van der Waals surface area contributed by atoms with E-state index < -0.39 is 0 Å². The quantitative estimate of drug-likeness (QED) is 0.763. The lowest BCUT2D eigenvalue weighted by molar-refractivity contribution is 0.312. The number of benzene rings is 1. The van der Waals surface area contributed by atoms with Crippen molar-refractivity contribution < 1.29 is 4.74 Å². The lowest BCUT2D eigenvalue weighted by Gasteiger charge is -2.16. The summed E-state index contributed by atoms with van der Waals surface area (Å²) in [4.78, 5) is 0. The molecule has 90 valence electrons. The van der Waals surface area contributed by atoms with Gasteiger partial charge in [0.2, 0.25) is 0 Å². The molecule has 0 aliphatic heterocycles. The molecule has 0 heterocycles. The Morgan fingerprint density at radius 2 is 2.06 bits per heavy atom. The monoisotopic (exact) mass is 221 g/mol. The first-order valence-electron chi connectivity index (χ1n) is 6.16. The van der Waals surface area contributed by atoms with E-state index in [1.54, 1.807) is 0 Å². The van der Waals surface area contributed by atoms with Gasteiger partial charge in [-0.25, -0.2) is 0 Å². The molecular weight excluding hydrogens is 198 g/mol. The molecular formula is C14H23NO. The molecule has 0 saturated heterocycles. The maximum absolute atomic E-state index is 5.77. The van der Waals surface area contributed by atoms with E-state index in [1.807, 2.05) is 13.1 Å². The molecule has 16 heavy (non-hydrogen) atoms. The first kappa shape index (κ1) is 13.0. The fraction of sp³-hybridized carbons (Fsp3) is 0.571. The second-order valence-corrected chi connectivity index (χ2v) is 4.18. The average Bonchev–Trinajstić information content (AvgIpc) is 2.33. The maximum atomic E-state index is 5.77. The summed E-state index contributed by atoms with van der Waals surface area (Å²) < 4.78 is 5.77. The second-order valence-electron chi connectivity index (χ2n) is 4.18. The largest absolute Gasteiger partial charge is 0.493 e. The molecule has 0 radical (unpaired) electrons. The molecule has 0 spiro atoms. The van der Waals surface area contributed by atoms with E-state index in [1.165, 1.54) is 5.56 Å². The van der Waals surface area contributed by atoms with Crippen molar-refractivity contribution in [2.45, 2.75) is 32.6 Å². The van der Waals surface area contributed by atoms with Crippen LogP contribution in [-0.4, -0.2) is 20.2 Å². The maximum Gasteiger partial charge on any atom is 0.122 e. The Hall–Kier alpha value is -1.02. The minimum absolute atomic E-state index is 0.542. The topological polar surface area (TPSA) is 21.3 Å². The van der Waals surface area contributed by atoms with E-state index in [0.29, 0.717) is 5.92 Å². The molecule has 1 aromatic rings. The van der Waals surface area contributed by atoms with Crippen molar-refractivity contribution in [3.8, 4) is 5.75 Å². The van der Waals surface area contributed by atoms with E-state index in [0.717, 1.165) is 31.7 Å². The highest BCUT2D eigenvalue weighted by Gasteiger charge is 2.10. The van der Waals surface area contributed by atoms with Crippen LogP contribution in [0.4, 0.5) is 0 Å². The van der Waals surface area contributed by atoms with Crippen LogP contribution in [0.2, 0.25) is 0 Å². The Bertz CT molecular complexity index is 299. The summed E-state index contributed by atoms with van der Waals surface area (Å²) in [5.41, 5.74) is 1.33. The van der Waals surface area contributed by atoms with E-state index >= 15 is 0 Å². The van der Waals surface area contributed by atoms with Gasteiger partial charge in [-0.15, -0.1) is 0 Å². The van der Waals surface area contributed by atoms with Crippen LogP contribution in [0.3, 0.4) is 0 Å². The molecule has 0 aromatic heterocycles. The summed E-state index contributed by atoms with van der Waals surface area (Å²) in [7, 11) is 1.99. The summed E-state index contributed by atoms with van der Waals surface area (Å²) in [5, 5.41) is 3.19. The third kappa shape index (κ3) is 3.86. The summed E-state index contributed by atoms with van der Waals surface area (Å²) >= 11 is 0. The fourth-order valence-corrected chi connectivity index (χ4v) is 1.75. The Morgan fingerprint density at radius 3 is 2.75 bits per heavy atom. The van der Waals surface area contributed by atoms with Crippen molar-refractivity contribution in [3.63, 3.8) is 0 Å². The van der Waals surface area contributed by atoms with Crippen molar-refractivity contribution in [2.75, 3.05) is 20.2 Å². The molecule has 0 bridgehead atoms. The van der Waals surface area contributed by atoms with E-state index in [2.05, 4.69) is 37.4 Å². The summed E-state index contributed by atoms with van der Waals surface area (Å²) in [6.45, 7) is 6.23. The third-order valence-corrected chi connectivity index (χ3v) is 2.74. The summed E-state index contributed by atoms with van der Waals surface area (Å²) in [6, 6.07) is 8.37. The normalized spacial score (nSPS) is 12.4. The van der Waals surface area contributed by atoms with Crippen molar-refractivity contribution >= 4 is 0 Å². The standard InChI is InChI=1S/C14H23NO/c1-4-11-16-14-8-6-5-7-13(14)12(2)9-10-15-3/h5-8,12,15H,4,9-11H2,1-3H3. The lowest BCUT2D eigenvalue weighted by atomic mass is 9.97. The molecule has 0 aliphatic carbocycles. The van der Waals surface area contributed by atoms with Crippen molar-refractivity contribution in [3.05, 3.63) is 29.8 Å². The van der Waals surface area contributed by atoms with Gasteiger partial charge in [-0.05, 0) is 44.0 Å². The average molecular weight is 221 g/mol.